The fraction of sp³-hybridized carbons (Fsp3) is 0.588. The van der Waals surface area contributed by atoms with E-state index in [0.717, 1.165) is 18.8 Å². The van der Waals surface area contributed by atoms with Gasteiger partial charge in [0.15, 0.2) is 0 Å². The molecule has 1 heterocycles. The van der Waals surface area contributed by atoms with E-state index in [1.807, 2.05) is 12.1 Å². The first-order valence-corrected chi connectivity index (χ1v) is 8.05. The normalized spacial score (nSPS) is 22.0. The molecule has 1 saturated carbocycles. The van der Waals surface area contributed by atoms with Gasteiger partial charge in [-0.2, -0.15) is 0 Å². The average Bonchev–Trinajstić information content (AvgIpc) is 3.30. The van der Waals surface area contributed by atoms with Gasteiger partial charge in [0.05, 0.1) is 11.3 Å². The number of piperidine rings is 1. The molecule has 1 aliphatic carbocycles. The second kappa shape index (κ2) is 6.06. The highest BCUT2D eigenvalue weighted by Gasteiger charge is 2.33. The van der Waals surface area contributed by atoms with Crippen LogP contribution in [-0.4, -0.2) is 31.1 Å². The lowest BCUT2D eigenvalue weighted by Crippen LogP contribution is -2.45. The summed E-state index contributed by atoms with van der Waals surface area (Å²) in [7, 11) is 0. The lowest BCUT2D eigenvalue weighted by molar-refractivity contribution is 0.100. The first-order chi connectivity index (χ1) is 10.1. The number of anilines is 1. The molecule has 1 saturated heterocycles. The Kier molecular flexibility index (Phi) is 4.15. The van der Waals surface area contributed by atoms with Gasteiger partial charge in [0, 0.05) is 18.6 Å². The number of carbonyl (C=O) groups is 1. The standard InChI is InChI=1S/C17H25N3O/c1-12-5-8-15(17(18)21)16(10-12)20(14-6-7-14)11-13-4-2-3-9-19-13/h5,8,10,13-14,19H,2-4,6-7,9,11H2,1H3,(H2,18,21). The summed E-state index contributed by atoms with van der Waals surface area (Å²) < 4.78 is 0. The number of benzene rings is 1. The molecule has 4 nitrogen and oxygen atoms in total. The maximum absolute atomic E-state index is 11.8. The smallest absolute Gasteiger partial charge is 0.250 e. The van der Waals surface area contributed by atoms with Crippen molar-refractivity contribution in [1.82, 2.24) is 5.32 Å². The summed E-state index contributed by atoms with van der Waals surface area (Å²) in [5, 5.41) is 3.61. The minimum atomic E-state index is -0.327. The lowest BCUT2D eigenvalue weighted by Gasteiger charge is -2.33. The summed E-state index contributed by atoms with van der Waals surface area (Å²) in [6.07, 6.45) is 6.24. The highest BCUT2D eigenvalue weighted by Crippen LogP contribution is 2.34. The first-order valence-electron chi connectivity index (χ1n) is 8.05. The maximum Gasteiger partial charge on any atom is 0.250 e. The molecule has 1 aromatic rings. The van der Waals surface area contributed by atoms with Gasteiger partial charge in [0.1, 0.15) is 0 Å². The molecule has 1 aliphatic heterocycles. The number of nitrogens with two attached hydrogens (primary N) is 1. The van der Waals surface area contributed by atoms with Crippen molar-refractivity contribution in [3.8, 4) is 0 Å². The van der Waals surface area contributed by atoms with Crippen LogP contribution in [0.4, 0.5) is 5.69 Å². The number of nitrogens with zero attached hydrogens (tertiary/aromatic N) is 1. The van der Waals surface area contributed by atoms with Crippen molar-refractivity contribution in [2.75, 3.05) is 18.0 Å². The van der Waals surface area contributed by atoms with E-state index in [0.29, 0.717) is 17.6 Å². The number of nitrogens with one attached hydrogen (secondary N) is 1. The van der Waals surface area contributed by atoms with E-state index in [9.17, 15) is 4.79 Å². The van der Waals surface area contributed by atoms with E-state index >= 15 is 0 Å². The van der Waals surface area contributed by atoms with Crippen molar-refractivity contribution in [3.05, 3.63) is 29.3 Å². The second-order valence-corrected chi connectivity index (χ2v) is 6.42. The minimum absolute atomic E-state index is 0.327. The number of carbonyl (C=O) groups excluding carboxylic acids is 1. The zero-order chi connectivity index (χ0) is 14.8. The van der Waals surface area contributed by atoms with Crippen LogP contribution in [0.2, 0.25) is 0 Å². The largest absolute Gasteiger partial charge is 0.366 e. The van der Waals surface area contributed by atoms with Gasteiger partial charge in [-0.15, -0.1) is 0 Å². The predicted octanol–water partition coefficient (Wildman–Crippen LogP) is 2.20. The maximum atomic E-state index is 11.8. The molecule has 3 N–H and O–H groups in total. The molecule has 2 fully saturated rings. The summed E-state index contributed by atoms with van der Waals surface area (Å²) in [6.45, 7) is 4.16. The van der Waals surface area contributed by atoms with Gasteiger partial charge < -0.3 is 16.0 Å². The summed E-state index contributed by atoms with van der Waals surface area (Å²) in [5.74, 6) is -0.327. The van der Waals surface area contributed by atoms with Crippen LogP contribution in [0.15, 0.2) is 18.2 Å². The van der Waals surface area contributed by atoms with E-state index in [1.54, 1.807) is 0 Å². The van der Waals surface area contributed by atoms with Crippen LogP contribution in [-0.2, 0) is 0 Å². The van der Waals surface area contributed by atoms with Crippen LogP contribution in [0.1, 0.15) is 48.0 Å². The minimum Gasteiger partial charge on any atom is -0.366 e. The Morgan fingerprint density at radius 2 is 2.14 bits per heavy atom. The van der Waals surface area contributed by atoms with E-state index in [-0.39, 0.29) is 5.91 Å². The van der Waals surface area contributed by atoms with E-state index in [2.05, 4.69) is 23.2 Å². The molecule has 1 amide bonds. The van der Waals surface area contributed by atoms with Crippen molar-refractivity contribution in [2.24, 2.45) is 5.73 Å². The molecule has 2 aliphatic rings. The highest BCUT2D eigenvalue weighted by atomic mass is 16.1. The molecule has 0 radical (unpaired) electrons. The van der Waals surface area contributed by atoms with Crippen LogP contribution >= 0.6 is 0 Å². The summed E-state index contributed by atoms with van der Waals surface area (Å²) in [5.41, 5.74) is 8.43. The van der Waals surface area contributed by atoms with Crippen LogP contribution in [0.25, 0.3) is 0 Å². The van der Waals surface area contributed by atoms with E-state index < -0.39 is 0 Å². The third-order valence-corrected chi connectivity index (χ3v) is 4.55. The monoisotopic (exact) mass is 287 g/mol. The van der Waals surface area contributed by atoms with E-state index in [1.165, 1.54) is 37.7 Å². The number of rotatable bonds is 5. The third-order valence-electron chi connectivity index (χ3n) is 4.55. The number of primary amides is 1. The van der Waals surface area contributed by atoms with Crippen molar-refractivity contribution >= 4 is 11.6 Å². The third kappa shape index (κ3) is 3.38. The Hall–Kier alpha value is -1.55. The molecule has 0 aromatic heterocycles. The van der Waals surface area contributed by atoms with Gasteiger partial charge in [0.25, 0.3) is 5.91 Å². The van der Waals surface area contributed by atoms with Crippen molar-refractivity contribution < 1.29 is 4.79 Å². The van der Waals surface area contributed by atoms with Gasteiger partial charge in [0.2, 0.25) is 0 Å². The van der Waals surface area contributed by atoms with Gasteiger partial charge >= 0.3 is 0 Å². The zero-order valence-electron chi connectivity index (χ0n) is 12.8. The Bertz CT molecular complexity index is 519. The fourth-order valence-electron chi connectivity index (χ4n) is 3.24. The highest BCUT2D eigenvalue weighted by molar-refractivity contribution is 5.99. The SMILES string of the molecule is Cc1ccc(C(N)=O)c(N(CC2CCCCN2)C2CC2)c1. The van der Waals surface area contributed by atoms with Crippen molar-refractivity contribution in [1.29, 1.82) is 0 Å². The van der Waals surface area contributed by atoms with Gasteiger partial charge in [-0.3, -0.25) is 4.79 Å². The van der Waals surface area contributed by atoms with Crippen molar-refractivity contribution in [2.45, 2.75) is 51.1 Å². The van der Waals surface area contributed by atoms with Crippen LogP contribution < -0.4 is 16.0 Å². The number of aryl methyl sites for hydroxylation is 1. The van der Waals surface area contributed by atoms with Gasteiger partial charge in [-0.1, -0.05) is 12.5 Å². The molecular formula is C17H25N3O. The molecule has 0 spiro atoms. The summed E-state index contributed by atoms with van der Waals surface area (Å²) in [4.78, 5) is 14.2. The number of hydrogen-bond donors (Lipinski definition) is 2. The number of hydrogen-bond acceptors (Lipinski definition) is 3. The molecule has 1 atom stereocenters. The average molecular weight is 287 g/mol. The molecule has 114 valence electrons. The zero-order valence-corrected chi connectivity index (χ0v) is 12.8. The van der Waals surface area contributed by atoms with E-state index in [4.69, 9.17) is 5.73 Å². The Balaban J connectivity index is 1.86. The van der Waals surface area contributed by atoms with Gasteiger partial charge in [-0.05, 0) is 56.8 Å². The fourth-order valence-corrected chi connectivity index (χ4v) is 3.24. The molecule has 1 unspecified atom stereocenters. The Morgan fingerprint density at radius 1 is 1.33 bits per heavy atom. The Labute approximate surface area is 126 Å². The van der Waals surface area contributed by atoms with Crippen LogP contribution in [0, 0.1) is 6.92 Å². The molecule has 1 aromatic carbocycles. The molecular weight excluding hydrogens is 262 g/mol. The van der Waals surface area contributed by atoms with Crippen LogP contribution in [0.3, 0.4) is 0 Å². The predicted molar refractivity (Wildman–Crippen MR) is 85.7 cm³/mol. The molecule has 21 heavy (non-hydrogen) atoms. The Morgan fingerprint density at radius 3 is 2.76 bits per heavy atom. The summed E-state index contributed by atoms with van der Waals surface area (Å²) >= 11 is 0. The van der Waals surface area contributed by atoms with Crippen molar-refractivity contribution in [3.63, 3.8) is 0 Å². The summed E-state index contributed by atoms with van der Waals surface area (Å²) in [6, 6.07) is 7.06. The van der Waals surface area contributed by atoms with Crippen LogP contribution in [0.5, 0.6) is 0 Å². The molecule has 3 rings (SSSR count). The topological polar surface area (TPSA) is 58.4 Å². The first kappa shape index (κ1) is 14.4. The lowest BCUT2D eigenvalue weighted by atomic mass is 10.0. The molecule has 4 heteroatoms. The quantitative estimate of drug-likeness (QED) is 0.873. The molecule has 0 bridgehead atoms. The second-order valence-electron chi connectivity index (χ2n) is 6.42. The van der Waals surface area contributed by atoms with Gasteiger partial charge in [-0.25, -0.2) is 0 Å². The number of amides is 1.